The number of benzene rings is 2. The molecule has 7 nitrogen and oxygen atoms in total. The first-order valence-corrected chi connectivity index (χ1v) is 10.2. The van der Waals surface area contributed by atoms with Crippen LogP contribution < -0.4 is 18.5 Å². The Balaban J connectivity index is 1.59. The highest BCUT2D eigenvalue weighted by Gasteiger charge is 2.31. The smallest absolute Gasteiger partial charge is 0.326 e. The standard InChI is InChI=1S/C17H15BrN2O5S/c18-13-9-12(10-15-16(13)25-8-7-24-15)17(21)19-26(22,23)20-6-5-11-3-1-2-4-14(11)20/h1-4,9-10H,5-8H2,(H,19,21). The minimum absolute atomic E-state index is 0.164. The average Bonchev–Trinajstić information content (AvgIpc) is 3.06. The van der Waals surface area contributed by atoms with E-state index in [4.69, 9.17) is 9.47 Å². The molecule has 0 radical (unpaired) electrons. The molecule has 26 heavy (non-hydrogen) atoms. The highest BCUT2D eigenvalue weighted by molar-refractivity contribution is 9.10. The second kappa shape index (κ2) is 6.48. The molecule has 0 fully saturated rings. The number of para-hydroxylation sites is 1. The molecule has 2 aliphatic rings. The van der Waals surface area contributed by atoms with Gasteiger partial charge in [-0.3, -0.25) is 9.10 Å². The van der Waals surface area contributed by atoms with Crippen molar-refractivity contribution in [2.45, 2.75) is 6.42 Å². The number of hydrogen-bond acceptors (Lipinski definition) is 5. The van der Waals surface area contributed by atoms with Gasteiger partial charge in [0.25, 0.3) is 5.91 Å². The molecule has 0 saturated carbocycles. The van der Waals surface area contributed by atoms with Gasteiger partial charge >= 0.3 is 10.2 Å². The molecule has 0 aliphatic carbocycles. The molecule has 1 N–H and O–H groups in total. The summed E-state index contributed by atoms with van der Waals surface area (Å²) >= 11 is 3.32. The van der Waals surface area contributed by atoms with Gasteiger partial charge in [0.1, 0.15) is 13.2 Å². The quantitative estimate of drug-likeness (QED) is 0.793. The molecule has 2 aromatic carbocycles. The fraction of sp³-hybridized carbons (Fsp3) is 0.235. The van der Waals surface area contributed by atoms with Crippen LogP contribution in [0, 0.1) is 0 Å². The highest BCUT2D eigenvalue weighted by atomic mass is 79.9. The van der Waals surface area contributed by atoms with Crippen molar-refractivity contribution in [3.8, 4) is 11.5 Å². The molecular weight excluding hydrogens is 424 g/mol. The summed E-state index contributed by atoms with van der Waals surface area (Å²) in [5.41, 5.74) is 1.70. The van der Waals surface area contributed by atoms with E-state index in [1.165, 1.54) is 16.4 Å². The molecule has 0 unspecified atom stereocenters. The number of nitrogens with zero attached hydrogens (tertiary/aromatic N) is 1. The first-order valence-electron chi connectivity index (χ1n) is 7.97. The molecule has 9 heteroatoms. The van der Waals surface area contributed by atoms with E-state index >= 15 is 0 Å². The third-order valence-corrected chi connectivity index (χ3v) is 6.21. The van der Waals surface area contributed by atoms with Crippen molar-refractivity contribution in [3.63, 3.8) is 0 Å². The number of nitrogens with one attached hydrogen (secondary N) is 1. The molecule has 2 aromatic rings. The third kappa shape index (κ3) is 3.01. The van der Waals surface area contributed by atoms with Crippen LogP contribution in [0.1, 0.15) is 15.9 Å². The maximum atomic E-state index is 12.7. The van der Waals surface area contributed by atoms with E-state index in [0.717, 1.165) is 5.56 Å². The van der Waals surface area contributed by atoms with Crippen LogP contribution in [0.2, 0.25) is 0 Å². The minimum Gasteiger partial charge on any atom is -0.486 e. The van der Waals surface area contributed by atoms with Crippen LogP contribution in [0.4, 0.5) is 5.69 Å². The predicted octanol–water partition coefficient (Wildman–Crippen LogP) is 2.26. The zero-order valence-electron chi connectivity index (χ0n) is 13.6. The maximum Gasteiger partial charge on any atom is 0.326 e. The van der Waals surface area contributed by atoms with Gasteiger partial charge in [0.2, 0.25) is 0 Å². The number of carbonyl (C=O) groups excluding carboxylic acids is 1. The molecule has 0 bridgehead atoms. The van der Waals surface area contributed by atoms with E-state index in [-0.39, 0.29) is 5.56 Å². The summed E-state index contributed by atoms with van der Waals surface area (Å²) in [5, 5.41) is 0. The molecule has 0 atom stereocenters. The summed E-state index contributed by atoms with van der Waals surface area (Å²) in [6.45, 7) is 1.08. The number of anilines is 1. The van der Waals surface area contributed by atoms with E-state index in [1.807, 2.05) is 12.1 Å². The lowest BCUT2D eigenvalue weighted by Crippen LogP contribution is -2.42. The zero-order chi connectivity index (χ0) is 18.3. The van der Waals surface area contributed by atoms with Crippen molar-refractivity contribution in [1.82, 2.24) is 4.72 Å². The van der Waals surface area contributed by atoms with Crippen molar-refractivity contribution in [2.75, 3.05) is 24.1 Å². The normalized spacial score (nSPS) is 15.5. The SMILES string of the molecule is O=C(NS(=O)(=O)N1CCc2ccccc21)c1cc(Br)c2c(c1)OCCO2. The molecule has 2 aliphatic heterocycles. The molecular formula is C17H15BrN2O5S. The average molecular weight is 439 g/mol. The van der Waals surface area contributed by atoms with Crippen LogP contribution in [-0.4, -0.2) is 34.1 Å². The maximum absolute atomic E-state index is 12.7. The molecule has 136 valence electrons. The van der Waals surface area contributed by atoms with E-state index in [1.54, 1.807) is 12.1 Å². The number of amides is 1. The Morgan fingerprint density at radius 3 is 2.77 bits per heavy atom. The minimum atomic E-state index is -4.01. The summed E-state index contributed by atoms with van der Waals surface area (Å²) in [4.78, 5) is 12.5. The second-order valence-corrected chi connectivity index (χ2v) is 8.32. The fourth-order valence-electron chi connectivity index (χ4n) is 3.03. The summed E-state index contributed by atoms with van der Waals surface area (Å²) in [7, 11) is -4.01. The largest absolute Gasteiger partial charge is 0.486 e. The molecule has 0 spiro atoms. The Hall–Kier alpha value is -2.26. The molecule has 0 saturated heterocycles. The molecule has 1 amide bonds. The van der Waals surface area contributed by atoms with Crippen LogP contribution in [0.3, 0.4) is 0 Å². The van der Waals surface area contributed by atoms with Crippen molar-refractivity contribution in [2.24, 2.45) is 0 Å². The highest BCUT2D eigenvalue weighted by Crippen LogP contribution is 2.38. The number of hydrogen-bond donors (Lipinski definition) is 1. The molecule has 2 heterocycles. The monoisotopic (exact) mass is 438 g/mol. The Kier molecular flexibility index (Phi) is 4.28. The molecule has 4 rings (SSSR count). The van der Waals surface area contributed by atoms with E-state index < -0.39 is 16.1 Å². The second-order valence-electron chi connectivity index (χ2n) is 5.87. The van der Waals surface area contributed by atoms with Gasteiger partial charge in [0.15, 0.2) is 11.5 Å². The van der Waals surface area contributed by atoms with Gasteiger partial charge < -0.3 is 9.47 Å². The summed E-state index contributed by atoms with van der Waals surface area (Å²) in [6, 6.07) is 10.2. The van der Waals surface area contributed by atoms with Gasteiger partial charge in [-0.15, -0.1) is 0 Å². The molecule has 0 aromatic heterocycles. The summed E-state index contributed by atoms with van der Waals surface area (Å²) in [5.74, 6) is 0.177. The van der Waals surface area contributed by atoms with Crippen LogP contribution in [-0.2, 0) is 16.6 Å². The zero-order valence-corrected chi connectivity index (χ0v) is 16.0. The van der Waals surface area contributed by atoms with E-state index in [9.17, 15) is 13.2 Å². The number of halogens is 1. The third-order valence-electron chi connectivity index (χ3n) is 4.22. The fourth-order valence-corrected chi connectivity index (χ4v) is 4.82. The first kappa shape index (κ1) is 17.2. The van der Waals surface area contributed by atoms with E-state index in [2.05, 4.69) is 20.7 Å². The van der Waals surface area contributed by atoms with Gasteiger partial charge in [-0.1, -0.05) is 18.2 Å². The van der Waals surface area contributed by atoms with Crippen molar-refractivity contribution < 1.29 is 22.7 Å². The summed E-state index contributed by atoms with van der Waals surface area (Å²) in [6.07, 6.45) is 0.612. The Labute approximate surface area is 159 Å². The predicted molar refractivity (Wildman–Crippen MR) is 99.0 cm³/mol. The first-order chi connectivity index (χ1) is 12.5. The van der Waals surface area contributed by atoms with Crippen LogP contribution in [0.15, 0.2) is 40.9 Å². The Morgan fingerprint density at radius 2 is 1.92 bits per heavy atom. The van der Waals surface area contributed by atoms with Gasteiger partial charge in [-0.05, 0) is 46.1 Å². The van der Waals surface area contributed by atoms with Gasteiger partial charge in [-0.2, -0.15) is 8.42 Å². The number of fused-ring (bicyclic) bond motifs is 2. The number of carbonyl (C=O) groups is 1. The van der Waals surface area contributed by atoms with Crippen molar-refractivity contribution >= 4 is 37.7 Å². The van der Waals surface area contributed by atoms with Crippen LogP contribution in [0.25, 0.3) is 0 Å². The lowest BCUT2D eigenvalue weighted by atomic mass is 10.2. The van der Waals surface area contributed by atoms with Crippen LogP contribution in [0.5, 0.6) is 11.5 Å². The van der Waals surface area contributed by atoms with Gasteiger partial charge in [0, 0.05) is 12.1 Å². The Bertz CT molecular complexity index is 993. The van der Waals surface area contributed by atoms with E-state index in [0.29, 0.717) is 47.8 Å². The number of ether oxygens (including phenoxy) is 2. The van der Waals surface area contributed by atoms with Crippen molar-refractivity contribution in [3.05, 3.63) is 52.0 Å². The van der Waals surface area contributed by atoms with Crippen LogP contribution >= 0.6 is 15.9 Å². The van der Waals surface area contributed by atoms with Gasteiger partial charge in [-0.25, -0.2) is 4.72 Å². The van der Waals surface area contributed by atoms with Crippen molar-refractivity contribution in [1.29, 1.82) is 0 Å². The topological polar surface area (TPSA) is 84.9 Å². The van der Waals surface area contributed by atoms with Gasteiger partial charge in [0.05, 0.1) is 10.2 Å². The number of rotatable bonds is 3. The lowest BCUT2D eigenvalue weighted by molar-refractivity contribution is 0.0980. The lowest BCUT2D eigenvalue weighted by Gasteiger charge is -2.21. The summed E-state index contributed by atoms with van der Waals surface area (Å²) < 4.78 is 40.2. The Morgan fingerprint density at radius 1 is 1.15 bits per heavy atom.